The monoisotopic (exact) mass is 460 g/mol. The summed E-state index contributed by atoms with van der Waals surface area (Å²) in [6.45, 7) is 4.28. The molecule has 2 heteroatoms. The molecule has 0 radical (unpaired) electrons. The third kappa shape index (κ3) is 5.76. The molecule has 0 spiro atoms. The van der Waals surface area contributed by atoms with Gasteiger partial charge in [0.15, 0.2) is 0 Å². The molecule has 3 aromatic rings. The van der Waals surface area contributed by atoms with Crippen LogP contribution in [-0.2, 0) is 19.3 Å². The highest BCUT2D eigenvalue weighted by atomic mass is 35.5. The molecule has 0 saturated carbocycles. The fraction of sp³-hybridized carbons (Fsp3) is 0.355. The summed E-state index contributed by atoms with van der Waals surface area (Å²) in [5, 5.41) is 0.265. The van der Waals surface area contributed by atoms with Crippen molar-refractivity contribution in [2.75, 3.05) is 0 Å². The van der Waals surface area contributed by atoms with E-state index in [0.717, 1.165) is 55.6 Å². The standard InChI is InChI=1S/C31H34ClF/c1-3-5-28-20-21-29(31(33)30(28)32)27-18-16-26(17-19-27)25-14-12-24(13-15-25)11-10-23-8-6-22(4-2)7-9-23/h6-9,14,16-21,24H,3-5,10-13,15H2,1-2H3. The van der Waals surface area contributed by atoms with Gasteiger partial charge >= 0.3 is 0 Å². The lowest BCUT2D eigenvalue weighted by Crippen LogP contribution is -2.07. The van der Waals surface area contributed by atoms with Gasteiger partial charge in [-0.15, -0.1) is 0 Å². The van der Waals surface area contributed by atoms with Crippen molar-refractivity contribution in [2.24, 2.45) is 5.92 Å². The van der Waals surface area contributed by atoms with E-state index in [2.05, 4.69) is 56.3 Å². The molecule has 172 valence electrons. The van der Waals surface area contributed by atoms with Crippen LogP contribution in [0.1, 0.15) is 68.2 Å². The summed E-state index contributed by atoms with van der Waals surface area (Å²) in [6, 6.07) is 21.2. The lowest BCUT2D eigenvalue weighted by atomic mass is 9.83. The van der Waals surface area contributed by atoms with E-state index in [1.54, 1.807) is 0 Å². The van der Waals surface area contributed by atoms with Crippen LogP contribution in [0.4, 0.5) is 4.39 Å². The number of aryl methyl sites for hydroxylation is 3. The molecule has 33 heavy (non-hydrogen) atoms. The van der Waals surface area contributed by atoms with Gasteiger partial charge in [0.25, 0.3) is 0 Å². The molecule has 4 rings (SSSR count). The Morgan fingerprint density at radius 3 is 2.18 bits per heavy atom. The number of allylic oxidation sites excluding steroid dienone is 2. The largest absolute Gasteiger partial charge is 0.205 e. The second-order valence-corrected chi connectivity index (χ2v) is 9.68. The van der Waals surface area contributed by atoms with Crippen LogP contribution in [0.2, 0.25) is 5.02 Å². The van der Waals surface area contributed by atoms with E-state index in [9.17, 15) is 4.39 Å². The smallest absolute Gasteiger partial charge is 0.149 e. The van der Waals surface area contributed by atoms with Crippen molar-refractivity contribution in [3.63, 3.8) is 0 Å². The van der Waals surface area contributed by atoms with Gasteiger partial charge in [-0.2, -0.15) is 0 Å². The second-order valence-electron chi connectivity index (χ2n) is 9.31. The van der Waals surface area contributed by atoms with Crippen molar-refractivity contribution in [2.45, 2.75) is 65.2 Å². The zero-order chi connectivity index (χ0) is 23.2. The zero-order valence-electron chi connectivity index (χ0n) is 19.8. The third-order valence-corrected chi connectivity index (χ3v) is 7.45. The van der Waals surface area contributed by atoms with Crippen molar-refractivity contribution < 1.29 is 4.39 Å². The maximum atomic E-state index is 14.9. The second kappa shape index (κ2) is 11.2. The third-order valence-electron chi connectivity index (χ3n) is 7.04. The van der Waals surface area contributed by atoms with Crippen LogP contribution < -0.4 is 0 Å². The Bertz CT molecular complexity index is 1090. The summed E-state index contributed by atoms with van der Waals surface area (Å²) in [6.07, 6.45) is 11.2. The highest BCUT2D eigenvalue weighted by Crippen LogP contribution is 2.35. The summed E-state index contributed by atoms with van der Waals surface area (Å²) < 4.78 is 14.9. The SMILES string of the molecule is CCCc1ccc(-c2ccc(C3=CCC(CCc4ccc(CC)cc4)CC3)cc2)c(F)c1Cl. The van der Waals surface area contributed by atoms with Gasteiger partial charge in [-0.1, -0.05) is 98.6 Å². The van der Waals surface area contributed by atoms with E-state index >= 15 is 0 Å². The molecule has 0 fully saturated rings. The van der Waals surface area contributed by atoms with Crippen LogP contribution in [0.25, 0.3) is 16.7 Å². The van der Waals surface area contributed by atoms with E-state index < -0.39 is 0 Å². The summed E-state index contributed by atoms with van der Waals surface area (Å²) in [4.78, 5) is 0. The van der Waals surface area contributed by atoms with Gasteiger partial charge in [-0.25, -0.2) is 4.39 Å². The Morgan fingerprint density at radius 1 is 0.848 bits per heavy atom. The highest BCUT2D eigenvalue weighted by Gasteiger charge is 2.17. The maximum Gasteiger partial charge on any atom is 0.149 e. The Kier molecular flexibility index (Phi) is 8.04. The minimum Gasteiger partial charge on any atom is -0.205 e. The first-order valence-corrected chi connectivity index (χ1v) is 12.8. The molecule has 0 saturated heterocycles. The number of benzene rings is 3. The van der Waals surface area contributed by atoms with Crippen LogP contribution in [0.3, 0.4) is 0 Å². The molecule has 1 atom stereocenters. The molecular formula is C31H34ClF. The molecule has 0 N–H and O–H groups in total. The molecular weight excluding hydrogens is 427 g/mol. The Morgan fingerprint density at radius 2 is 1.55 bits per heavy atom. The van der Waals surface area contributed by atoms with Crippen molar-refractivity contribution in [3.8, 4) is 11.1 Å². The fourth-order valence-electron chi connectivity index (χ4n) is 4.86. The lowest BCUT2D eigenvalue weighted by Gasteiger charge is -2.22. The van der Waals surface area contributed by atoms with Crippen LogP contribution in [0.5, 0.6) is 0 Å². The first-order valence-electron chi connectivity index (χ1n) is 12.4. The average Bonchev–Trinajstić information content (AvgIpc) is 2.87. The van der Waals surface area contributed by atoms with Gasteiger partial charge in [0, 0.05) is 5.56 Å². The van der Waals surface area contributed by atoms with Crippen molar-refractivity contribution in [1.82, 2.24) is 0 Å². The molecule has 0 heterocycles. The van der Waals surface area contributed by atoms with Gasteiger partial charge in [-0.05, 0) is 84.3 Å². The minimum absolute atomic E-state index is 0.265. The summed E-state index contributed by atoms with van der Waals surface area (Å²) in [5.74, 6) is 0.455. The average molecular weight is 461 g/mol. The zero-order valence-corrected chi connectivity index (χ0v) is 20.6. The molecule has 0 aliphatic heterocycles. The van der Waals surface area contributed by atoms with E-state index in [0.29, 0.717) is 5.56 Å². The van der Waals surface area contributed by atoms with Crippen LogP contribution in [0, 0.1) is 11.7 Å². The normalized spacial score (nSPS) is 16.0. The van der Waals surface area contributed by atoms with Gasteiger partial charge in [0.1, 0.15) is 5.82 Å². The predicted molar refractivity (Wildman–Crippen MR) is 140 cm³/mol. The van der Waals surface area contributed by atoms with Gasteiger partial charge in [-0.3, -0.25) is 0 Å². The van der Waals surface area contributed by atoms with Gasteiger partial charge in [0.05, 0.1) is 5.02 Å². The Hall–Kier alpha value is -2.38. The molecule has 1 unspecified atom stereocenters. The maximum absolute atomic E-state index is 14.9. The molecule has 3 aromatic carbocycles. The van der Waals surface area contributed by atoms with Crippen molar-refractivity contribution in [1.29, 1.82) is 0 Å². The molecule has 1 aliphatic rings. The van der Waals surface area contributed by atoms with Crippen molar-refractivity contribution >= 4 is 17.2 Å². The predicted octanol–water partition coefficient (Wildman–Crippen LogP) is 9.48. The molecule has 0 aromatic heterocycles. The van der Waals surface area contributed by atoms with E-state index in [1.807, 2.05) is 24.3 Å². The van der Waals surface area contributed by atoms with E-state index in [4.69, 9.17) is 11.6 Å². The summed E-state index contributed by atoms with van der Waals surface area (Å²) in [7, 11) is 0. The Labute approximate surface area is 203 Å². The van der Waals surface area contributed by atoms with Gasteiger partial charge < -0.3 is 0 Å². The quantitative estimate of drug-likeness (QED) is 0.314. The van der Waals surface area contributed by atoms with Crippen LogP contribution >= 0.6 is 11.6 Å². The highest BCUT2D eigenvalue weighted by molar-refractivity contribution is 6.31. The summed E-state index contributed by atoms with van der Waals surface area (Å²) in [5.41, 5.74) is 7.88. The number of hydrogen-bond acceptors (Lipinski definition) is 0. The number of rotatable bonds is 8. The van der Waals surface area contributed by atoms with Gasteiger partial charge in [0.2, 0.25) is 0 Å². The first kappa shape index (κ1) is 23.8. The van der Waals surface area contributed by atoms with E-state index in [-0.39, 0.29) is 10.8 Å². The van der Waals surface area contributed by atoms with E-state index in [1.165, 1.54) is 35.1 Å². The molecule has 0 amide bonds. The molecule has 0 nitrogen and oxygen atoms in total. The lowest BCUT2D eigenvalue weighted by molar-refractivity contribution is 0.450. The fourth-order valence-corrected chi connectivity index (χ4v) is 5.12. The molecule has 1 aliphatic carbocycles. The minimum atomic E-state index is -0.306. The van der Waals surface area contributed by atoms with Crippen LogP contribution in [0.15, 0.2) is 66.7 Å². The van der Waals surface area contributed by atoms with Crippen LogP contribution in [-0.4, -0.2) is 0 Å². The topological polar surface area (TPSA) is 0 Å². The summed E-state index contributed by atoms with van der Waals surface area (Å²) >= 11 is 6.29. The Balaban J connectivity index is 1.37. The van der Waals surface area contributed by atoms with Crippen molar-refractivity contribution in [3.05, 3.63) is 99.8 Å². The molecule has 0 bridgehead atoms. The number of halogens is 2. The first-order chi connectivity index (χ1) is 16.1. The number of hydrogen-bond donors (Lipinski definition) is 0.